The van der Waals surface area contributed by atoms with E-state index in [2.05, 4.69) is 26.1 Å². The Morgan fingerprint density at radius 2 is 2.05 bits per heavy atom. The molecule has 0 radical (unpaired) electrons. The average molecular weight is 293 g/mol. The molecular weight excluding hydrogens is 265 g/mol. The molecule has 3 unspecified atom stereocenters. The first-order chi connectivity index (χ1) is 10.1. The van der Waals surface area contributed by atoms with Crippen LogP contribution in [0, 0.1) is 17.7 Å². The van der Waals surface area contributed by atoms with E-state index in [0.717, 1.165) is 19.4 Å². The van der Waals surface area contributed by atoms with E-state index in [0.29, 0.717) is 30.0 Å². The molecule has 1 aliphatic rings. The van der Waals surface area contributed by atoms with Gasteiger partial charge in [0.2, 0.25) is 0 Å². The number of benzene rings is 1. The molecule has 1 aromatic rings. The van der Waals surface area contributed by atoms with Crippen molar-refractivity contribution in [3.8, 4) is 0 Å². The van der Waals surface area contributed by atoms with Crippen LogP contribution >= 0.6 is 0 Å². The molecule has 1 aromatic carbocycles. The number of rotatable bonds is 6. The molecule has 1 saturated carbocycles. The lowest BCUT2D eigenvalue weighted by atomic mass is 9.78. The van der Waals surface area contributed by atoms with Crippen LogP contribution < -0.4 is 5.32 Å². The molecule has 21 heavy (non-hydrogen) atoms. The van der Waals surface area contributed by atoms with Crippen LogP contribution in [0.15, 0.2) is 24.3 Å². The molecule has 118 valence electrons. The summed E-state index contributed by atoms with van der Waals surface area (Å²) in [6, 6.07) is 7.28. The van der Waals surface area contributed by atoms with Crippen molar-refractivity contribution >= 4 is 0 Å². The minimum atomic E-state index is -0.172. The van der Waals surface area contributed by atoms with Gasteiger partial charge in [0.1, 0.15) is 5.82 Å². The van der Waals surface area contributed by atoms with Crippen LogP contribution in [0.5, 0.6) is 0 Å². The first-order valence-electron chi connectivity index (χ1n) is 8.20. The molecule has 3 atom stereocenters. The average Bonchev–Trinajstić information content (AvgIpc) is 2.47. The number of hydrogen-bond donors (Lipinski definition) is 1. The first-order valence-corrected chi connectivity index (χ1v) is 8.20. The summed E-state index contributed by atoms with van der Waals surface area (Å²) in [6.07, 6.45) is 3.67. The monoisotopic (exact) mass is 293 g/mol. The molecule has 0 aliphatic heterocycles. The van der Waals surface area contributed by atoms with E-state index in [4.69, 9.17) is 4.74 Å². The summed E-state index contributed by atoms with van der Waals surface area (Å²) in [4.78, 5) is 0. The second-order valence-corrected chi connectivity index (χ2v) is 6.42. The van der Waals surface area contributed by atoms with Gasteiger partial charge < -0.3 is 10.1 Å². The smallest absolute Gasteiger partial charge is 0.128 e. The topological polar surface area (TPSA) is 21.3 Å². The molecule has 2 rings (SSSR count). The highest BCUT2D eigenvalue weighted by Gasteiger charge is 2.32. The second kappa shape index (κ2) is 7.90. The lowest BCUT2D eigenvalue weighted by Gasteiger charge is -2.38. The summed E-state index contributed by atoms with van der Waals surface area (Å²) in [5.74, 6) is 1.23. The van der Waals surface area contributed by atoms with E-state index in [9.17, 15) is 4.39 Å². The maximum atomic E-state index is 13.7. The van der Waals surface area contributed by atoms with Crippen molar-refractivity contribution in [1.29, 1.82) is 0 Å². The van der Waals surface area contributed by atoms with Crippen LogP contribution in [0.4, 0.5) is 4.39 Å². The Bertz CT molecular complexity index is 435. The lowest BCUT2D eigenvalue weighted by Crippen LogP contribution is -2.46. The van der Waals surface area contributed by atoms with Crippen molar-refractivity contribution in [2.45, 2.75) is 58.8 Å². The molecule has 0 spiro atoms. The highest BCUT2D eigenvalue weighted by atomic mass is 19.1. The van der Waals surface area contributed by atoms with Crippen LogP contribution in [0.3, 0.4) is 0 Å². The maximum absolute atomic E-state index is 13.7. The summed E-state index contributed by atoms with van der Waals surface area (Å²) < 4.78 is 19.8. The van der Waals surface area contributed by atoms with E-state index in [1.165, 1.54) is 12.5 Å². The summed E-state index contributed by atoms with van der Waals surface area (Å²) in [5.41, 5.74) is 0.652. The zero-order valence-corrected chi connectivity index (χ0v) is 13.4. The van der Waals surface area contributed by atoms with Crippen LogP contribution in [-0.2, 0) is 11.3 Å². The van der Waals surface area contributed by atoms with Crippen LogP contribution in [-0.4, -0.2) is 18.7 Å². The Morgan fingerprint density at radius 1 is 1.29 bits per heavy atom. The zero-order chi connectivity index (χ0) is 15.2. The van der Waals surface area contributed by atoms with E-state index >= 15 is 0 Å². The number of hydrogen-bond acceptors (Lipinski definition) is 2. The predicted octanol–water partition coefficient (Wildman–Crippen LogP) is 4.15. The summed E-state index contributed by atoms with van der Waals surface area (Å²) in [5, 5.41) is 3.53. The fraction of sp³-hybridized carbons (Fsp3) is 0.667. The summed E-state index contributed by atoms with van der Waals surface area (Å²) in [6.45, 7) is 8.02. The van der Waals surface area contributed by atoms with Crippen molar-refractivity contribution in [3.63, 3.8) is 0 Å². The minimum absolute atomic E-state index is 0.172. The van der Waals surface area contributed by atoms with Crippen molar-refractivity contribution in [3.05, 3.63) is 35.6 Å². The maximum Gasteiger partial charge on any atom is 0.128 e. The van der Waals surface area contributed by atoms with Crippen molar-refractivity contribution in [2.24, 2.45) is 11.8 Å². The second-order valence-electron chi connectivity index (χ2n) is 6.42. The molecule has 0 aromatic heterocycles. The minimum Gasteiger partial charge on any atom is -0.372 e. The van der Waals surface area contributed by atoms with Gasteiger partial charge in [-0.25, -0.2) is 4.39 Å². The molecule has 0 bridgehead atoms. The number of ether oxygens (including phenoxy) is 1. The Balaban J connectivity index is 1.97. The third-order valence-corrected chi connectivity index (χ3v) is 4.65. The Hall–Kier alpha value is -0.930. The van der Waals surface area contributed by atoms with E-state index in [-0.39, 0.29) is 11.9 Å². The fourth-order valence-corrected chi connectivity index (χ4v) is 3.26. The molecular formula is C18H28FNO. The molecule has 1 fully saturated rings. The normalized spacial score (nSPS) is 26.2. The van der Waals surface area contributed by atoms with E-state index < -0.39 is 0 Å². The number of nitrogens with one attached hydrogen (secondary N) is 1. The van der Waals surface area contributed by atoms with Gasteiger partial charge in [-0.15, -0.1) is 0 Å². The van der Waals surface area contributed by atoms with Gasteiger partial charge in [-0.2, -0.15) is 0 Å². The zero-order valence-electron chi connectivity index (χ0n) is 13.4. The van der Waals surface area contributed by atoms with Crippen LogP contribution in [0.25, 0.3) is 0 Å². The molecule has 1 aliphatic carbocycles. The van der Waals surface area contributed by atoms with Gasteiger partial charge in [-0.1, -0.05) is 39.0 Å². The Kier molecular flexibility index (Phi) is 6.19. The highest BCUT2D eigenvalue weighted by molar-refractivity contribution is 5.16. The number of halogens is 1. The van der Waals surface area contributed by atoms with Gasteiger partial charge in [0, 0.05) is 11.6 Å². The summed E-state index contributed by atoms with van der Waals surface area (Å²) in [7, 11) is 0. The van der Waals surface area contributed by atoms with Crippen molar-refractivity contribution < 1.29 is 9.13 Å². The Morgan fingerprint density at radius 3 is 2.71 bits per heavy atom. The quantitative estimate of drug-likeness (QED) is 0.851. The van der Waals surface area contributed by atoms with E-state index in [1.807, 2.05) is 6.07 Å². The SMILES string of the molecule is CCNC1CCC(C(C)C)CC1OCc1ccccc1F. The molecule has 3 heteroatoms. The standard InChI is InChI=1S/C18H28FNO/c1-4-20-17-10-9-14(13(2)3)11-18(17)21-12-15-7-5-6-8-16(15)19/h5-8,13-14,17-18,20H,4,9-12H2,1-3H3. The first kappa shape index (κ1) is 16.4. The predicted molar refractivity (Wildman–Crippen MR) is 84.6 cm³/mol. The van der Waals surface area contributed by atoms with Gasteiger partial charge in [-0.3, -0.25) is 0 Å². The summed E-state index contributed by atoms with van der Waals surface area (Å²) >= 11 is 0. The number of likely N-dealkylation sites (N-methyl/N-ethyl adjacent to an activating group) is 1. The van der Waals surface area contributed by atoms with Crippen molar-refractivity contribution in [2.75, 3.05) is 6.54 Å². The largest absolute Gasteiger partial charge is 0.372 e. The Labute approximate surface area is 128 Å². The third-order valence-electron chi connectivity index (χ3n) is 4.65. The van der Waals surface area contributed by atoms with Gasteiger partial charge in [-0.05, 0) is 43.7 Å². The highest BCUT2D eigenvalue weighted by Crippen LogP contribution is 2.32. The van der Waals surface area contributed by atoms with Gasteiger partial charge in [0.05, 0.1) is 12.7 Å². The van der Waals surface area contributed by atoms with Crippen LogP contribution in [0.2, 0.25) is 0 Å². The van der Waals surface area contributed by atoms with Gasteiger partial charge in [0.15, 0.2) is 0 Å². The van der Waals surface area contributed by atoms with Gasteiger partial charge in [0.25, 0.3) is 0 Å². The van der Waals surface area contributed by atoms with E-state index in [1.54, 1.807) is 12.1 Å². The molecule has 0 saturated heterocycles. The molecule has 0 heterocycles. The fourth-order valence-electron chi connectivity index (χ4n) is 3.26. The molecule has 0 amide bonds. The van der Waals surface area contributed by atoms with Gasteiger partial charge >= 0.3 is 0 Å². The van der Waals surface area contributed by atoms with Crippen LogP contribution in [0.1, 0.15) is 45.6 Å². The molecule has 1 N–H and O–H groups in total. The third kappa shape index (κ3) is 4.52. The van der Waals surface area contributed by atoms with Crippen molar-refractivity contribution in [1.82, 2.24) is 5.32 Å². The molecule has 2 nitrogen and oxygen atoms in total. The lowest BCUT2D eigenvalue weighted by molar-refractivity contribution is -0.0265.